The molecule has 1 saturated heterocycles. The predicted molar refractivity (Wildman–Crippen MR) is 86.7 cm³/mol. The average Bonchev–Trinajstić information content (AvgIpc) is 3.31. The van der Waals surface area contributed by atoms with Gasteiger partial charge in [-0.3, -0.25) is 0 Å². The Hall–Kier alpha value is -0.160. The van der Waals surface area contributed by atoms with Gasteiger partial charge in [-0.05, 0) is 19.3 Å². The minimum Gasteiger partial charge on any atom is -0.391 e. The lowest BCUT2D eigenvalue weighted by atomic mass is 10.2. The Morgan fingerprint density at radius 1 is 1.00 bits per heavy atom. The summed E-state index contributed by atoms with van der Waals surface area (Å²) in [6.07, 6.45) is 8.26. The number of ether oxygens (including phenoxy) is 3. The van der Waals surface area contributed by atoms with Crippen molar-refractivity contribution in [2.24, 2.45) is 0 Å². The van der Waals surface area contributed by atoms with Crippen LogP contribution in [0, 0.1) is 0 Å². The summed E-state index contributed by atoms with van der Waals surface area (Å²) in [6.45, 7) is 10.3. The van der Waals surface area contributed by atoms with Crippen molar-refractivity contribution in [3.63, 3.8) is 0 Å². The molecule has 1 rings (SSSR count). The van der Waals surface area contributed by atoms with Gasteiger partial charge in [0, 0.05) is 13.2 Å². The van der Waals surface area contributed by atoms with Crippen LogP contribution in [0.25, 0.3) is 0 Å². The molecule has 2 atom stereocenters. The second kappa shape index (κ2) is 16.2. The van der Waals surface area contributed by atoms with E-state index in [-0.39, 0.29) is 6.10 Å². The van der Waals surface area contributed by atoms with Gasteiger partial charge >= 0.3 is 0 Å². The molecule has 0 aromatic carbocycles. The molecule has 128 valence electrons. The first kappa shape index (κ1) is 20.8. The molecule has 0 spiro atoms. The van der Waals surface area contributed by atoms with E-state index in [1.807, 2.05) is 6.92 Å². The van der Waals surface area contributed by atoms with Gasteiger partial charge in [0.2, 0.25) is 0 Å². The van der Waals surface area contributed by atoms with Gasteiger partial charge < -0.3 is 19.3 Å². The molecule has 0 aromatic heterocycles. The molecule has 0 aliphatic carbocycles. The molecule has 0 bridgehead atoms. The van der Waals surface area contributed by atoms with Crippen LogP contribution >= 0.6 is 0 Å². The Kier molecular flexibility index (Phi) is 16.1. The standard InChI is InChI=1S/C9H20O2.C8H16O2/c1-3-5-6-7-11-8-9(10)4-2;1-2-3-4-5-9-6-8-7-10-8/h9-10H,3-8H2,1-2H3;8H,2-7H2,1H3. The average molecular weight is 304 g/mol. The Labute approximate surface area is 131 Å². The molecule has 4 heteroatoms. The molecule has 1 aliphatic heterocycles. The van der Waals surface area contributed by atoms with Gasteiger partial charge in [0.15, 0.2) is 0 Å². The number of aliphatic hydroxyl groups excluding tert-OH is 1. The fraction of sp³-hybridized carbons (Fsp3) is 1.00. The lowest BCUT2D eigenvalue weighted by Crippen LogP contribution is -2.14. The van der Waals surface area contributed by atoms with Crippen LogP contribution in [0.15, 0.2) is 0 Å². The van der Waals surface area contributed by atoms with Crippen molar-refractivity contribution >= 4 is 0 Å². The highest BCUT2D eigenvalue weighted by Gasteiger charge is 2.21. The Morgan fingerprint density at radius 2 is 1.57 bits per heavy atom. The molecular formula is C17H36O4. The van der Waals surface area contributed by atoms with E-state index in [0.717, 1.165) is 39.3 Å². The van der Waals surface area contributed by atoms with E-state index in [1.165, 1.54) is 32.1 Å². The minimum atomic E-state index is -0.267. The molecule has 0 aromatic rings. The summed E-state index contributed by atoms with van der Waals surface area (Å²) in [6, 6.07) is 0. The van der Waals surface area contributed by atoms with E-state index < -0.39 is 0 Å². The molecule has 2 unspecified atom stereocenters. The lowest BCUT2D eigenvalue weighted by Gasteiger charge is -2.07. The van der Waals surface area contributed by atoms with Crippen molar-refractivity contribution in [3.05, 3.63) is 0 Å². The number of rotatable bonds is 13. The minimum absolute atomic E-state index is 0.267. The maximum absolute atomic E-state index is 9.09. The van der Waals surface area contributed by atoms with E-state index >= 15 is 0 Å². The van der Waals surface area contributed by atoms with Crippen molar-refractivity contribution in [2.75, 3.05) is 33.0 Å². The van der Waals surface area contributed by atoms with Crippen molar-refractivity contribution in [1.82, 2.24) is 0 Å². The monoisotopic (exact) mass is 304 g/mol. The summed E-state index contributed by atoms with van der Waals surface area (Å²) in [5.74, 6) is 0. The largest absolute Gasteiger partial charge is 0.391 e. The van der Waals surface area contributed by atoms with Crippen LogP contribution < -0.4 is 0 Å². The highest BCUT2D eigenvalue weighted by molar-refractivity contribution is 4.66. The maximum Gasteiger partial charge on any atom is 0.104 e. The Bertz CT molecular complexity index is 195. The van der Waals surface area contributed by atoms with Crippen LogP contribution in [0.4, 0.5) is 0 Å². The van der Waals surface area contributed by atoms with Gasteiger partial charge in [-0.1, -0.05) is 46.5 Å². The van der Waals surface area contributed by atoms with Crippen LogP contribution in [-0.2, 0) is 14.2 Å². The van der Waals surface area contributed by atoms with Crippen LogP contribution in [-0.4, -0.2) is 50.3 Å². The summed E-state index contributed by atoms with van der Waals surface area (Å²) in [5, 5.41) is 9.09. The molecule has 4 nitrogen and oxygen atoms in total. The molecular weight excluding hydrogens is 268 g/mol. The highest BCUT2D eigenvalue weighted by Crippen LogP contribution is 2.08. The van der Waals surface area contributed by atoms with Crippen molar-refractivity contribution in [3.8, 4) is 0 Å². The van der Waals surface area contributed by atoms with E-state index in [9.17, 15) is 0 Å². The van der Waals surface area contributed by atoms with E-state index in [1.54, 1.807) is 0 Å². The van der Waals surface area contributed by atoms with Gasteiger partial charge in [0.25, 0.3) is 0 Å². The first-order valence-electron chi connectivity index (χ1n) is 8.69. The number of unbranched alkanes of at least 4 members (excludes halogenated alkanes) is 4. The zero-order chi connectivity index (χ0) is 15.8. The number of epoxide rings is 1. The summed E-state index contributed by atoms with van der Waals surface area (Å²) >= 11 is 0. The molecule has 1 N–H and O–H groups in total. The normalized spacial score (nSPS) is 18.0. The van der Waals surface area contributed by atoms with Gasteiger partial charge in [-0.25, -0.2) is 0 Å². The Balaban J connectivity index is 0.000000382. The summed E-state index contributed by atoms with van der Waals surface area (Å²) < 4.78 is 15.6. The van der Waals surface area contributed by atoms with Crippen LogP contribution in [0.2, 0.25) is 0 Å². The van der Waals surface area contributed by atoms with E-state index in [2.05, 4.69) is 13.8 Å². The van der Waals surface area contributed by atoms with E-state index in [4.69, 9.17) is 19.3 Å². The number of hydrogen-bond donors (Lipinski definition) is 1. The maximum atomic E-state index is 9.09. The molecule has 1 aliphatic rings. The van der Waals surface area contributed by atoms with Crippen molar-refractivity contribution in [2.45, 2.75) is 77.9 Å². The van der Waals surface area contributed by atoms with Crippen LogP contribution in [0.3, 0.4) is 0 Å². The summed E-state index contributed by atoms with van der Waals surface area (Å²) in [7, 11) is 0. The molecule has 1 fully saturated rings. The van der Waals surface area contributed by atoms with Gasteiger partial charge in [-0.2, -0.15) is 0 Å². The molecule has 0 amide bonds. The molecule has 0 saturated carbocycles. The first-order chi connectivity index (χ1) is 10.2. The third kappa shape index (κ3) is 17.8. The molecule has 0 radical (unpaired) electrons. The lowest BCUT2D eigenvalue weighted by molar-refractivity contribution is 0.0336. The summed E-state index contributed by atoms with van der Waals surface area (Å²) in [5.41, 5.74) is 0. The molecule has 21 heavy (non-hydrogen) atoms. The van der Waals surface area contributed by atoms with Crippen molar-refractivity contribution < 1.29 is 19.3 Å². The zero-order valence-corrected chi connectivity index (χ0v) is 14.3. The topological polar surface area (TPSA) is 51.2 Å². The van der Waals surface area contributed by atoms with Crippen LogP contribution in [0.5, 0.6) is 0 Å². The summed E-state index contributed by atoms with van der Waals surface area (Å²) in [4.78, 5) is 0. The third-order valence-electron chi connectivity index (χ3n) is 3.27. The van der Waals surface area contributed by atoms with Gasteiger partial charge in [0.1, 0.15) is 6.10 Å². The zero-order valence-electron chi connectivity index (χ0n) is 14.3. The number of aliphatic hydroxyl groups is 1. The fourth-order valence-corrected chi connectivity index (χ4v) is 1.62. The predicted octanol–water partition coefficient (Wildman–Crippen LogP) is 3.56. The SMILES string of the molecule is CCCCCOCC(O)CC.CCCCCOCC1CO1. The first-order valence-corrected chi connectivity index (χ1v) is 8.69. The van der Waals surface area contributed by atoms with Crippen LogP contribution in [0.1, 0.15) is 65.7 Å². The smallest absolute Gasteiger partial charge is 0.104 e. The van der Waals surface area contributed by atoms with Crippen molar-refractivity contribution in [1.29, 1.82) is 0 Å². The number of hydrogen-bond acceptors (Lipinski definition) is 4. The highest BCUT2D eigenvalue weighted by atomic mass is 16.6. The van der Waals surface area contributed by atoms with E-state index in [0.29, 0.717) is 12.7 Å². The second-order valence-electron chi connectivity index (χ2n) is 5.58. The Morgan fingerprint density at radius 3 is 2.05 bits per heavy atom. The quantitative estimate of drug-likeness (QED) is 0.417. The molecule has 1 heterocycles. The third-order valence-corrected chi connectivity index (χ3v) is 3.27. The van der Waals surface area contributed by atoms with Gasteiger partial charge in [0.05, 0.1) is 25.9 Å². The second-order valence-corrected chi connectivity index (χ2v) is 5.58. The van der Waals surface area contributed by atoms with Gasteiger partial charge in [-0.15, -0.1) is 0 Å². The fourth-order valence-electron chi connectivity index (χ4n) is 1.62.